The average Bonchev–Trinajstić information content (AvgIpc) is 3.12. The number of rotatable bonds is 5. The molecule has 0 aliphatic carbocycles. The first-order valence-corrected chi connectivity index (χ1v) is 9.86. The molecule has 0 saturated carbocycles. The van der Waals surface area contributed by atoms with E-state index >= 15 is 0 Å². The Morgan fingerprint density at radius 3 is 2.67 bits per heavy atom. The van der Waals surface area contributed by atoms with Crippen molar-refractivity contribution in [2.45, 2.75) is 20.8 Å². The first-order valence-electron chi connectivity index (χ1n) is 9.04. The Bertz CT molecular complexity index is 806. The van der Waals surface area contributed by atoms with E-state index in [1.54, 1.807) is 12.4 Å². The molecule has 1 amide bonds. The molecule has 1 saturated heterocycles. The first kappa shape index (κ1) is 19.5. The molecule has 0 unspecified atom stereocenters. The predicted octanol–water partition coefficient (Wildman–Crippen LogP) is 2.99. The molecular weight excluding hydrogens is 362 g/mol. The van der Waals surface area contributed by atoms with E-state index in [4.69, 9.17) is 4.74 Å². The van der Waals surface area contributed by atoms with E-state index in [9.17, 15) is 9.59 Å². The van der Waals surface area contributed by atoms with Crippen molar-refractivity contribution in [1.29, 1.82) is 0 Å². The number of ketones is 1. The molecule has 0 radical (unpaired) electrons. The molecule has 2 aromatic heterocycles. The molecule has 27 heavy (non-hydrogen) atoms. The summed E-state index contributed by atoms with van der Waals surface area (Å²) in [6.07, 6.45) is 3.53. The summed E-state index contributed by atoms with van der Waals surface area (Å²) < 4.78 is 5.45. The smallest absolute Gasteiger partial charge is 0.261 e. The third-order valence-electron chi connectivity index (χ3n) is 4.45. The van der Waals surface area contributed by atoms with E-state index < -0.39 is 5.41 Å². The number of hydrogen-bond acceptors (Lipinski definition) is 6. The Morgan fingerprint density at radius 1 is 1.30 bits per heavy atom. The molecular formula is C20H25N3O3S. The summed E-state index contributed by atoms with van der Waals surface area (Å²) in [5.41, 5.74) is 1.49. The highest BCUT2D eigenvalue weighted by Crippen LogP contribution is 2.39. The highest BCUT2D eigenvalue weighted by Gasteiger charge is 2.24. The van der Waals surface area contributed by atoms with Crippen molar-refractivity contribution in [3.05, 3.63) is 35.5 Å². The van der Waals surface area contributed by atoms with Gasteiger partial charge in [-0.05, 0) is 12.1 Å². The van der Waals surface area contributed by atoms with Crippen molar-refractivity contribution in [2.75, 3.05) is 37.7 Å². The van der Waals surface area contributed by atoms with E-state index in [2.05, 4.69) is 15.2 Å². The molecule has 0 aromatic carbocycles. The van der Waals surface area contributed by atoms with Crippen LogP contribution in [-0.4, -0.2) is 49.5 Å². The summed E-state index contributed by atoms with van der Waals surface area (Å²) in [6.45, 7) is 8.51. The summed E-state index contributed by atoms with van der Waals surface area (Å²) in [7, 11) is 0. The summed E-state index contributed by atoms with van der Waals surface area (Å²) >= 11 is 1.45. The second-order valence-electron chi connectivity index (χ2n) is 7.53. The number of aromatic nitrogens is 1. The highest BCUT2D eigenvalue weighted by molar-refractivity contribution is 7.18. The largest absolute Gasteiger partial charge is 0.378 e. The van der Waals surface area contributed by atoms with E-state index in [0.717, 1.165) is 29.2 Å². The van der Waals surface area contributed by atoms with Gasteiger partial charge in [-0.2, -0.15) is 0 Å². The van der Waals surface area contributed by atoms with Crippen LogP contribution in [0.15, 0.2) is 30.6 Å². The quantitative estimate of drug-likeness (QED) is 0.854. The van der Waals surface area contributed by atoms with Crippen molar-refractivity contribution in [3.63, 3.8) is 0 Å². The van der Waals surface area contributed by atoms with Crippen LogP contribution in [0, 0.1) is 5.41 Å². The van der Waals surface area contributed by atoms with Gasteiger partial charge in [0.2, 0.25) is 0 Å². The topological polar surface area (TPSA) is 71.5 Å². The third-order valence-corrected chi connectivity index (χ3v) is 5.65. The van der Waals surface area contributed by atoms with Gasteiger partial charge in [-0.15, -0.1) is 11.3 Å². The van der Waals surface area contributed by atoms with Gasteiger partial charge in [0, 0.05) is 42.0 Å². The first-order chi connectivity index (χ1) is 12.9. The molecule has 1 fully saturated rings. The maximum atomic E-state index is 12.6. The molecule has 3 heterocycles. The second-order valence-corrected chi connectivity index (χ2v) is 8.56. The third kappa shape index (κ3) is 4.73. The van der Waals surface area contributed by atoms with Gasteiger partial charge < -0.3 is 15.0 Å². The van der Waals surface area contributed by atoms with Crippen molar-refractivity contribution >= 4 is 28.0 Å². The zero-order valence-corrected chi connectivity index (χ0v) is 16.8. The standard InChI is InChI=1S/C20H25N3O3S/c1-20(2,3)17(24)13-22-18(25)16-11-15(14-5-4-6-21-12-14)19(27-16)23-7-9-26-10-8-23/h4-6,11-12H,7-10,13H2,1-3H3,(H,22,25). The molecule has 144 valence electrons. The lowest BCUT2D eigenvalue weighted by Gasteiger charge is -2.28. The Balaban J connectivity index is 1.84. The number of pyridine rings is 1. The molecule has 1 aliphatic rings. The van der Waals surface area contributed by atoms with Gasteiger partial charge in [-0.25, -0.2) is 0 Å². The summed E-state index contributed by atoms with van der Waals surface area (Å²) in [4.78, 5) is 31.8. The van der Waals surface area contributed by atoms with Crippen LogP contribution in [-0.2, 0) is 9.53 Å². The fourth-order valence-electron chi connectivity index (χ4n) is 2.74. The van der Waals surface area contributed by atoms with E-state index in [1.165, 1.54) is 11.3 Å². The van der Waals surface area contributed by atoms with Gasteiger partial charge >= 0.3 is 0 Å². The average molecular weight is 388 g/mol. The highest BCUT2D eigenvalue weighted by atomic mass is 32.1. The minimum Gasteiger partial charge on any atom is -0.378 e. The molecule has 2 aromatic rings. The van der Waals surface area contributed by atoms with Crippen molar-refractivity contribution < 1.29 is 14.3 Å². The number of nitrogens with zero attached hydrogens (tertiary/aromatic N) is 2. The van der Waals surface area contributed by atoms with Crippen LogP contribution in [0.25, 0.3) is 11.1 Å². The minimum atomic E-state index is -0.470. The number of anilines is 1. The van der Waals surface area contributed by atoms with Crippen molar-refractivity contribution in [2.24, 2.45) is 5.41 Å². The van der Waals surface area contributed by atoms with Crippen LogP contribution < -0.4 is 10.2 Å². The lowest BCUT2D eigenvalue weighted by molar-refractivity contribution is -0.125. The number of carbonyl (C=O) groups is 2. The van der Waals surface area contributed by atoms with E-state index in [-0.39, 0.29) is 18.2 Å². The monoisotopic (exact) mass is 387 g/mol. The van der Waals surface area contributed by atoms with Gasteiger partial charge in [0.05, 0.1) is 29.6 Å². The lowest BCUT2D eigenvalue weighted by Crippen LogP contribution is -2.36. The number of nitrogens with one attached hydrogen (secondary N) is 1. The number of morpholine rings is 1. The minimum absolute atomic E-state index is 0.00768. The Hall–Kier alpha value is -2.25. The number of hydrogen-bond donors (Lipinski definition) is 1. The molecule has 0 bridgehead atoms. The van der Waals surface area contributed by atoms with Gasteiger partial charge in [-0.1, -0.05) is 26.8 Å². The van der Waals surface area contributed by atoms with Gasteiger partial charge in [0.15, 0.2) is 5.78 Å². The molecule has 0 atom stereocenters. The fraction of sp³-hybridized carbons (Fsp3) is 0.450. The summed E-state index contributed by atoms with van der Waals surface area (Å²) in [5.74, 6) is -0.212. The Labute approximate surface area is 163 Å². The summed E-state index contributed by atoms with van der Waals surface area (Å²) in [5, 5.41) is 3.80. The maximum absolute atomic E-state index is 12.6. The van der Waals surface area contributed by atoms with Gasteiger partial charge in [-0.3, -0.25) is 14.6 Å². The van der Waals surface area contributed by atoms with Crippen molar-refractivity contribution in [1.82, 2.24) is 10.3 Å². The maximum Gasteiger partial charge on any atom is 0.261 e. The van der Waals surface area contributed by atoms with Crippen LogP contribution >= 0.6 is 11.3 Å². The normalized spacial score (nSPS) is 14.9. The zero-order valence-electron chi connectivity index (χ0n) is 15.9. The van der Waals surface area contributed by atoms with Gasteiger partial charge in [0.1, 0.15) is 0 Å². The molecule has 1 aliphatic heterocycles. The van der Waals surface area contributed by atoms with Crippen molar-refractivity contribution in [3.8, 4) is 11.1 Å². The Kier molecular flexibility index (Phi) is 5.92. The van der Waals surface area contributed by atoms with E-state index in [0.29, 0.717) is 18.1 Å². The fourth-order valence-corrected chi connectivity index (χ4v) is 3.88. The molecule has 3 rings (SSSR count). The summed E-state index contributed by atoms with van der Waals surface area (Å²) in [6, 6.07) is 5.77. The molecule has 7 heteroatoms. The van der Waals surface area contributed by atoms with Crippen LogP contribution in [0.3, 0.4) is 0 Å². The Morgan fingerprint density at radius 2 is 2.04 bits per heavy atom. The number of amides is 1. The molecule has 6 nitrogen and oxygen atoms in total. The number of Topliss-reactive ketones (excluding diaryl/α,β-unsaturated/α-hetero) is 1. The predicted molar refractivity (Wildman–Crippen MR) is 107 cm³/mol. The zero-order chi connectivity index (χ0) is 19.4. The molecule has 1 N–H and O–H groups in total. The lowest BCUT2D eigenvalue weighted by atomic mass is 9.91. The van der Waals surface area contributed by atoms with Gasteiger partial charge in [0.25, 0.3) is 5.91 Å². The number of thiophene rings is 1. The van der Waals surface area contributed by atoms with Crippen LogP contribution in [0.4, 0.5) is 5.00 Å². The van der Waals surface area contributed by atoms with Crippen LogP contribution in [0.2, 0.25) is 0 Å². The SMILES string of the molecule is CC(C)(C)C(=O)CNC(=O)c1cc(-c2cccnc2)c(N2CCOCC2)s1. The number of ether oxygens (including phenoxy) is 1. The van der Waals surface area contributed by atoms with Crippen LogP contribution in [0.5, 0.6) is 0 Å². The van der Waals surface area contributed by atoms with E-state index in [1.807, 2.05) is 39.0 Å². The second kappa shape index (κ2) is 8.19. The number of carbonyl (C=O) groups excluding carboxylic acids is 2. The molecule has 0 spiro atoms. The van der Waals surface area contributed by atoms with Crippen LogP contribution in [0.1, 0.15) is 30.4 Å².